The largest absolute Gasteiger partial charge is 0.351 e. The summed E-state index contributed by atoms with van der Waals surface area (Å²) in [6.45, 7) is 6.65. The van der Waals surface area contributed by atoms with Gasteiger partial charge in [0.05, 0.1) is 0 Å². The number of nitrogens with one attached hydrogen (secondary N) is 2. The van der Waals surface area contributed by atoms with Crippen molar-refractivity contribution in [2.45, 2.75) is 51.6 Å². The monoisotopic (exact) mass is 260 g/mol. The first kappa shape index (κ1) is 14.6. The van der Waals surface area contributed by atoms with Crippen molar-refractivity contribution in [1.29, 1.82) is 0 Å². The molecule has 0 atom stereocenters. The maximum Gasteiger partial charge on any atom is 0.221 e. The van der Waals surface area contributed by atoms with Crippen molar-refractivity contribution in [2.24, 2.45) is 0 Å². The van der Waals surface area contributed by atoms with Crippen LogP contribution in [0.4, 0.5) is 0 Å². The molecule has 1 aliphatic rings. The molecular formula is C12H24N2O2S. The molecule has 1 saturated heterocycles. The van der Waals surface area contributed by atoms with E-state index in [0.29, 0.717) is 19.0 Å². The Labute approximate surface area is 106 Å². The molecule has 1 amide bonds. The van der Waals surface area contributed by atoms with Crippen molar-refractivity contribution in [3.8, 4) is 0 Å². The summed E-state index contributed by atoms with van der Waals surface area (Å²) in [7, 11) is -0.608. The summed E-state index contributed by atoms with van der Waals surface area (Å²) < 4.78 is 11.2. The Morgan fingerprint density at radius 2 is 1.88 bits per heavy atom. The topological polar surface area (TPSA) is 58.2 Å². The Hall–Kier alpha value is -0.420. The summed E-state index contributed by atoms with van der Waals surface area (Å²) in [5.41, 5.74) is -0.154. The summed E-state index contributed by atoms with van der Waals surface area (Å²) in [5.74, 6) is 1.68. The van der Waals surface area contributed by atoms with E-state index in [1.165, 1.54) is 0 Å². The molecular weight excluding hydrogens is 236 g/mol. The zero-order valence-electron chi connectivity index (χ0n) is 11.0. The van der Waals surface area contributed by atoms with Crippen molar-refractivity contribution in [2.75, 3.05) is 18.1 Å². The predicted molar refractivity (Wildman–Crippen MR) is 71.4 cm³/mol. The third-order valence-electron chi connectivity index (χ3n) is 2.69. The molecule has 0 spiro atoms. The van der Waals surface area contributed by atoms with Gasteiger partial charge in [-0.25, -0.2) is 0 Å². The van der Waals surface area contributed by atoms with E-state index in [2.05, 4.69) is 10.6 Å². The molecule has 0 bridgehead atoms. The molecule has 1 fully saturated rings. The molecule has 0 saturated carbocycles. The smallest absolute Gasteiger partial charge is 0.221 e. The van der Waals surface area contributed by atoms with Crippen LogP contribution in [-0.2, 0) is 15.6 Å². The fraction of sp³-hybridized carbons (Fsp3) is 0.917. The molecule has 1 heterocycles. The second-order valence-electron chi connectivity index (χ2n) is 5.62. The first-order chi connectivity index (χ1) is 7.87. The van der Waals surface area contributed by atoms with Gasteiger partial charge in [0.15, 0.2) is 0 Å². The molecule has 0 aromatic carbocycles. The van der Waals surface area contributed by atoms with E-state index < -0.39 is 10.8 Å². The maximum absolute atomic E-state index is 11.6. The first-order valence-corrected chi connectivity index (χ1v) is 7.75. The van der Waals surface area contributed by atoms with Gasteiger partial charge in [-0.1, -0.05) is 0 Å². The molecule has 0 unspecified atom stereocenters. The molecule has 17 heavy (non-hydrogen) atoms. The van der Waals surface area contributed by atoms with Crippen molar-refractivity contribution in [3.05, 3.63) is 0 Å². The summed E-state index contributed by atoms with van der Waals surface area (Å²) in [6.07, 6.45) is 2.44. The lowest BCUT2D eigenvalue weighted by Gasteiger charge is -2.23. The Bertz CT molecular complexity index is 277. The number of hydrogen-bond donors (Lipinski definition) is 2. The van der Waals surface area contributed by atoms with Gasteiger partial charge in [-0.05, 0) is 33.6 Å². The van der Waals surface area contributed by atoms with E-state index in [1.807, 2.05) is 20.8 Å². The Kier molecular flexibility index (Phi) is 5.59. The Morgan fingerprint density at radius 3 is 2.41 bits per heavy atom. The van der Waals surface area contributed by atoms with Crippen LogP contribution in [-0.4, -0.2) is 39.7 Å². The fourth-order valence-electron chi connectivity index (χ4n) is 1.87. The molecule has 0 radical (unpaired) electrons. The van der Waals surface area contributed by atoms with Gasteiger partial charge in [0.25, 0.3) is 0 Å². The minimum atomic E-state index is -0.608. The van der Waals surface area contributed by atoms with Gasteiger partial charge in [0.1, 0.15) is 0 Å². The van der Waals surface area contributed by atoms with E-state index in [0.717, 1.165) is 24.3 Å². The van der Waals surface area contributed by atoms with Crippen LogP contribution in [0.5, 0.6) is 0 Å². The van der Waals surface area contributed by atoms with Crippen molar-refractivity contribution in [3.63, 3.8) is 0 Å². The fourth-order valence-corrected chi connectivity index (χ4v) is 3.17. The second-order valence-corrected chi connectivity index (χ2v) is 7.32. The number of carbonyl (C=O) groups excluding carboxylic acids is 1. The van der Waals surface area contributed by atoms with Crippen molar-refractivity contribution < 1.29 is 9.00 Å². The van der Waals surface area contributed by atoms with E-state index in [4.69, 9.17) is 0 Å². The van der Waals surface area contributed by atoms with E-state index in [-0.39, 0.29) is 11.4 Å². The third kappa shape index (κ3) is 6.78. The number of rotatable bonds is 4. The second kappa shape index (κ2) is 6.50. The average Bonchev–Trinajstić information content (AvgIpc) is 2.18. The van der Waals surface area contributed by atoms with Crippen LogP contribution >= 0.6 is 0 Å². The lowest BCUT2D eigenvalue weighted by Crippen LogP contribution is -2.43. The Morgan fingerprint density at radius 1 is 1.29 bits per heavy atom. The molecule has 5 heteroatoms. The van der Waals surface area contributed by atoms with Gasteiger partial charge in [0.2, 0.25) is 5.91 Å². The van der Waals surface area contributed by atoms with Gasteiger partial charge < -0.3 is 10.6 Å². The Balaban J connectivity index is 2.11. The summed E-state index contributed by atoms with van der Waals surface area (Å²) in [4.78, 5) is 11.6. The van der Waals surface area contributed by atoms with Crippen LogP contribution in [0.3, 0.4) is 0 Å². The number of hydrogen-bond acceptors (Lipinski definition) is 3. The van der Waals surface area contributed by atoms with Crippen molar-refractivity contribution >= 4 is 16.7 Å². The normalized spacial score (nSPS) is 25.6. The predicted octanol–water partition coefficient (Wildman–Crippen LogP) is 0.792. The third-order valence-corrected chi connectivity index (χ3v) is 4.07. The SMILES string of the molecule is CC(C)(C)NC(=O)CCNC1CCS(=O)CC1. The highest BCUT2D eigenvalue weighted by atomic mass is 32.2. The average molecular weight is 260 g/mol. The zero-order chi connectivity index (χ0) is 12.9. The highest BCUT2D eigenvalue weighted by molar-refractivity contribution is 7.85. The van der Waals surface area contributed by atoms with E-state index in [9.17, 15) is 9.00 Å². The van der Waals surface area contributed by atoms with Gasteiger partial charge in [-0.3, -0.25) is 9.00 Å². The summed E-state index contributed by atoms with van der Waals surface area (Å²) >= 11 is 0. The summed E-state index contributed by atoms with van der Waals surface area (Å²) in [5, 5.41) is 6.30. The molecule has 1 aliphatic heterocycles. The number of carbonyl (C=O) groups is 1. The molecule has 0 aromatic heterocycles. The first-order valence-electron chi connectivity index (χ1n) is 6.26. The van der Waals surface area contributed by atoms with Gasteiger partial charge in [0, 0.05) is 46.9 Å². The summed E-state index contributed by atoms with van der Waals surface area (Å²) in [6, 6.07) is 0.440. The van der Waals surface area contributed by atoms with Gasteiger partial charge in [-0.15, -0.1) is 0 Å². The molecule has 100 valence electrons. The lowest BCUT2D eigenvalue weighted by atomic mass is 10.1. The van der Waals surface area contributed by atoms with Crippen LogP contribution in [0.15, 0.2) is 0 Å². The zero-order valence-corrected chi connectivity index (χ0v) is 11.9. The quantitative estimate of drug-likeness (QED) is 0.786. The van der Waals surface area contributed by atoms with E-state index in [1.54, 1.807) is 0 Å². The molecule has 0 aromatic rings. The van der Waals surface area contributed by atoms with Crippen LogP contribution in [0.2, 0.25) is 0 Å². The maximum atomic E-state index is 11.6. The standard InChI is InChI=1S/C12H24N2O2S/c1-12(2,3)14-11(15)4-7-13-10-5-8-17(16)9-6-10/h10,13H,4-9H2,1-3H3,(H,14,15). The highest BCUT2D eigenvalue weighted by Gasteiger charge is 2.18. The van der Waals surface area contributed by atoms with Gasteiger partial charge in [-0.2, -0.15) is 0 Å². The van der Waals surface area contributed by atoms with Crippen LogP contribution in [0.1, 0.15) is 40.0 Å². The van der Waals surface area contributed by atoms with Crippen molar-refractivity contribution in [1.82, 2.24) is 10.6 Å². The minimum absolute atomic E-state index is 0.0874. The molecule has 0 aliphatic carbocycles. The molecule has 2 N–H and O–H groups in total. The molecule has 4 nitrogen and oxygen atoms in total. The van der Waals surface area contributed by atoms with E-state index >= 15 is 0 Å². The highest BCUT2D eigenvalue weighted by Crippen LogP contribution is 2.08. The number of amides is 1. The van der Waals surface area contributed by atoms with Crippen LogP contribution in [0, 0.1) is 0 Å². The van der Waals surface area contributed by atoms with Gasteiger partial charge >= 0.3 is 0 Å². The lowest BCUT2D eigenvalue weighted by molar-refractivity contribution is -0.122. The van der Waals surface area contributed by atoms with Crippen LogP contribution in [0.25, 0.3) is 0 Å². The van der Waals surface area contributed by atoms with Crippen LogP contribution < -0.4 is 10.6 Å². The minimum Gasteiger partial charge on any atom is -0.351 e. The molecule has 1 rings (SSSR count).